The van der Waals surface area contributed by atoms with Gasteiger partial charge >= 0.3 is 0 Å². The number of anilines is 1. The highest BCUT2D eigenvalue weighted by Gasteiger charge is 2.35. The molecule has 1 heterocycles. The molecule has 2 aromatic rings. The van der Waals surface area contributed by atoms with Gasteiger partial charge in [-0.1, -0.05) is 23.7 Å². The van der Waals surface area contributed by atoms with E-state index in [1.807, 2.05) is 0 Å². The number of rotatable bonds is 5. The van der Waals surface area contributed by atoms with Crippen LogP contribution >= 0.6 is 11.6 Å². The summed E-state index contributed by atoms with van der Waals surface area (Å²) in [5.41, 5.74) is 0.473. The fraction of sp³-hybridized carbons (Fsp3) is 0.316. The van der Waals surface area contributed by atoms with E-state index < -0.39 is 21.8 Å². The van der Waals surface area contributed by atoms with Gasteiger partial charge in [-0.25, -0.2) is 12.8 Å². The summed E-state index contributed by atoms with van der Waals surface area (Å²) in [6, 6.07) is 10.2. The zero-order valence-corrected chi connectivity index (χ0v) is 16.8. The molecule has 0 radical (unpaired) electrons. The SMILES string of the molecule is COc1ccc(F)cc1S(=O)(=O)N1CCC[C@@H](C(=O)Nc2ccccc2Cl)C1. The van der Waals surface area contributed by atoms with Crippen LogP contribution in [0.5, 0.6) is 5.75 Å². The Morgan fingerprint density at radius 2 is 2.04 bits per heavy atom. The Balaban J connectivity index is 1.80. The Morgan fingerprint density at radius 1 is 1.29 bits per heavy atom. The number of benzene rings is 2. The lowest BCUT2D eigenvalue weighted by Crippen LogP contribution is -2.43. The summed E-state index contributed by atoms with van der Waals surface area (Å²) in [6.45, 7) is 0.246. The van der Waals surface area contributed by atoms with Gasteiger partial charge < -0.3 is 10.1 Å². The molecule has 1 atom stereocenters. The summed E-state index contributed by atoms with van der Waals surface area (Å²) < 4.78 is 46.0. The summed E-state index contributed by atoms with van der Waals surface area (Å²) in [4.78, 5) is 12.4. The van der Waals surface area contributed by atoms with Crippen LogP contribution < -0.4 is 10.1 Å². The number of amides is 1. The number of methoxy groups -OCH3 is 1. The standard InChI is InChI=1S/C19H20ClFN2O4S/c1-27-17-9-8-14(21)11-18(17)28(25,26)23-10-4-5-13(12-23)19(24)22-16-7-3-2-6-15(16)20/h2-3,6-9,11,13H,4-5,10,12H2,1H3,(H,22,24)/t13-/m1/s1. The summed E-state index contributed by atoms with van der Waals surface area (Å²) in [5.74, 6) is -1.47. The maximum Gasteiger partial charge on any atom is 0.246 e. The molecule has 1 aliphatic rings. The molecule has 0 aromatic heterocycles. The predicted molar refractivity (Wildman–Crippen MR) is 105 cm³/mol. The second-order valence-corrected chi connectivity index (χ2v) is 8.78. The quantitative estimate of drug-likeness (QED) is 0.793. The molecule has 2 aromatic carbocycles. The molecule has 0 unspecified atom stereocenters. The van der Waals surface area contributed by atoms with Gasteiger partial charge in [0.05, 0.1) is 23.7 Å². The number of halogens is 2. The minimum Gasteiger partial charge on any atom is -0.495 e. The summed E-state index contributed by atoms with van der Waals surface area (Å²) in [6.07, 6.45) is 1.06. The van der Waals surface area contributed by atoms with Gasteiger partial charge in [0.1, 0.15) is 16.5 Å². The first kappa shape index (κ1) is 20.6. The number of carbonyl (C=O) groups is 1. The molecule has 6 nitrogen and oxygen atoms in total. The van der Waals surface area contributed by atoms with Gasteiger partial charge in [0.2, 0.25) is 15.9 Å². The Hall–Kier alpha value is -2.16. The molecule has 0 spiro atoms. The third-order valence-electron chi connectivity index (χ3n) is 4.63. The van der Waals surface area contributed by atoms with E-state index in [0.717, 1.165) is 12.1 Å². The van der Waals surface area contributed by atoms with Crippen molar-refractivity contribution >= 4 is 33.2 Å². The van der Waals surface area contributed by atoms with E-state index in [1.165, 1.54) is 17.5 Å². The number of ether oxygens (including phenoxy) is 1. The highest BCUT2D eigenvalue weighted by Crippen LogP contribution is 2.31. The maximum absolute atomic E-state index is 13.7. The molecule has 1 amide bonds. The highest BCUT2D eigenvalue weighted by atomic mass is 35.5. The minimum absolute atomic E-state index is 0.00170. The van der Waals surface area contributed by atoms with E-state index in [2.05, 4.69) is 5.32 Å². The first-order valence-corrected chi connectivity index (χ1v) is 10.5. The van der Waals surface area contributed by atoms with Crippen molar-refractivity contribution < 1.29 is 22.3 Å². The van der Waals surface area contributed by atoms with Crippen molar-refractivity contribution in [1.29, 1.82) is 0 Å². The van der Waals surface area contributed by atoms with Crippen LogP contribution in [0.3, 0.4) is 0 Å². The lowest BCUT2D eigenvalue weighted by Gasteiger charge is -2.31. The number of nitrogens with zero attached hydrogens (tertiary/aromatic N) is 1. The van der Waals surface area contributed by atoms with Crippen LogP contribution in [0.1, 0.15) is 12.8 Å². The van der Waals surface area contributed by atoms with E-state index in [9.17, 15) is 17.6 Å². The second-order valence-electron chi connectivity index (χ2n) is 6.47. The van der Waals surface area contributed by atoms with Crippen molar-refractivity contribution in [2.24, 2.45) is 5.92 Å². The molecule has 0 bridgehead atoms. The average Bonchev–Trinajstić information content (AvgIpc) is 2.69. The average molecular weight is 427 g/mol. The molecule has 1 saturated heterocycles. The molecule has 0 saturated carbocycles. The fourth-order valence-corrected chi connectivity index (χ4v) is 5.04. The van der Waals surface area contributed by atoms with Gasteiger partial charge in [0.25, 0.3) is 0 Å². The Labute approximate surface area is 168 Å². The number of hydrogen-bond donors (Lipinski definition) is 1. The summed E-state index contributed by atoms with van der Waals surface area (Å²) in [7, 11) is -2.69. The summed E-state index contributed by atoms with van der Waals surface area (Å²) in [5, 5.41) is 3.15. The van der Waals surface area contributed by atoms with Gasteiger partial charge in [-0.3, -0.25) is 4.79 Å². The number of hydrogen-bond acceptors (Lipinski definition) is 4. The van der Waals surface area contributed by atoms with Crippen LogP contribution in [0.25, 0.3) is 0 Å². The number of nitrogens with one attached hydrogen (secondary N) is 1. The van der Waals surface area contributed by atoms with Crippen molar-refractivity contribution in [3.8, 4) is 5.75 Å². The second kappa shape index (κ2) is 8.46. The fourth-order valence-electron chi connectivity index (χ4n) is 3.16. The third-order valence-corrected chi connectivity index (χ3v) is 6.85. The molecule has 0 aliphatic carbocycles. The summed E-state index contributed by atoms with van der Waals surface area (Å²) >= 11 is 6.07. The van der Waals surface area contributed by atoms with Crippen LogP contribution in [0.15, 0.2) is 47.4 Å². The van der Waals surface area contributed by atoms with E-state index in [1.54, 1.807) is 24.3 Å². The van der Waals surface area contributed by atoms with Crippen molar-refractivity contribution in [3.05, 3.63) is 53.3 Å². The van der Waals surface area contributed by atoms with Crippen molar-refractivity contribution in [3.63, 3.8) is 0 Å². The third kappa shape index (κ3) is 4.29. The van der Waals surface area contributed by atoms with E-state index in [4.69, 9.17) is 16.3 Å². The topological polar surface area (TPSA) is 75.7 Å². The molecular weight excluding hydrogens is 407 g/mol. The van der Waals surface area contributed by atoms with Crippen LogP contribution in [-0.2, 0) is 14.8 Å². The smallest absolute Gasteiger partial charge is 0.246 e. The van der Waals surface area contributed by atoms with Crippen LogP contribution in [0, 0.1) is 11.7 Å². The van der Waals surface area contributed by atoms with Gasteiger partial charge in [0, 0.05) is 13.1 Å². The van der Waals surface area contributed by atoms with Crippen molar-refractivity contribution in [2.75, 3.05) is 25.5 Å². The van der Waals surface area contributed by atoms with E-state index in [-0.39, 0.29) is 29.6 Å². The Kier molecular flexibility index (Phi) is 6.22. The number of sulfonamides is 1. The first-order valence-electron chi connectivity index (χ1n) is 8.72. The molecule has 3 rings (SSSR count). The lowest BCUT2D eigenvalue weighted by atomic mass is 9.99. The predicted octanol–water partition coefficient (Wildman–Crippen LogP) is 3.53. The van der Waals surface area contributed by atoms with Crippen LogP contribution in [0.2, 0.25) is 5.02 Å². The highest BCUT2D eigenvalue weighted by molar-refractivity contribution is 7.89. The number of piperidine rings is 1. The zero-order valence-electron chi connectivity index (χ0n) is 15.2. The molecule has 28 heavy (non-hydrogen) atoms. The lowest BCUT2D eigenvalue weighted by molar-refractivity contribution is -0.120. The van der Waals surface area contributed by atoms with Gasteiger partial charge in [-0.05, 0) is 43.2 Å². The van der Waals surface area contributed by atoms with E-state index in [0.29, 0.717) is 23.6 Å². The van der Waals surface area contributed by atoms with Crippen LogP contribution in [-0.4, -0.2) is 38.8 Å². The maximum atomic E-state index is 13.7. The van der Waals surface area contributed by atoms with Gasteiger partial charge in [0.15, 0.2) is 0 Å². The largest absolute Gasteiger partial charge is 0.495 e. The van der Waals surface area contributed by atoms with Crippen molar-refractivity contribution in [2.45, 2.75) is 17.7 Å². The normalized spacial score (nSPS) is 17.9. The Morgan fingerprint density at radius 3 is 2.75 bits per heavy atom. The number of para-hydroxylation sites is 1. The van der Waals surface area contributed by atoms with E-state index >= 15 is 0 Å². The number of carbonyl (C=O) groups excluding carboxylic acids is 1. The molecule has 150 valence electrons. The molecule has 9 heteroatoms. The molecule has 1 N–H and O–H groups in total. The van der Waals surface area contributed by atoms with Gasteiger partial charge in [-0.15, -0.1) is 0 Å². The molecule has 1 fully saturated rings. The van der Waals surface area contributed by atoms with Crippen molar-refractivity contribution in [1.82, 2.24) is 4.31 Å². The first-order chi connectivity index (χ1) is 13.3. The van der Waals surface area contributed by atoms with Gasteiger partial charge in [-0.2, -0.15) is 4.31 Å². The monoisotopic (exact) mass is 426 g/mol. The molecule has 1 aliphatic heterocycles. The molecular formula is C19H20ClFN2O4S. The van der Waals surface area contributed by atoms with Crippen LogP contribution in [0.4, 0.5) is 10.1 Å². The minimum atomic E-state index is -4.01. The Bertz CT molecular complexity index is 984. The zero-order chi connectivity index (χ0) is 20.3.